The summed E-state index contributed by atoms with van der Waals surface area (Å²) in [5.41, 5.74) is 5.33. The Labute approximate surface area is 299 Å². The van der Waals surface area contributed by atoms with Gasteiger partial charge in [-0.3, -0.25) is 9.59 Å². The minimum Gasteiger partial charge on any atom is -0.453 e. The van der Waals surface area contributed by atoms with Gasteiger partial charge in [-0.1, -0.05) is 58.6 Å². The van der Waals surface area contributed by atoms with Crippen molar-refractivity contribution in [1.82, 2.24) is 30.2 Å². The van der Waals surface area contributed by atoms with Gasteiger partial charge < -0.3 is 24.9 Å². The molecule has 3 N–H and O–H groups in total. The van der Waals surface area contributed by atoms with Crippen LogP contribution in [0.4, 0.5) is 4.79 Å². The summed E-state index contributed by atoms with van der Waals surface area (Å²) in [6.45, 7) is 10.9. The molecular weight excluding hydrogens is 640 g/mol. The summed E-state index contributed by atoms with van der Waals surface area (Å²) in [5, 5.41) is 2.77. The molecule has 0 radical (unpaired) electrons. The topological polar surface area (TPSA) is 133 Å². The van der Waals surface area contributed by atoms with Gasteiger partial charge in [-0.25, -0.2) is 14.8 Å². The van der Waals surface area contributed by atoms with Crippen LogP contribution in [0, 0.1) is 47.3 Å². The second-order valence-corrected chi connectivity index (χ2v) is 15.4. The number of carbonyl (C=O) groups is 3. The Hall–Kier alpha value is -4.91. The zero-order chi connectivity index (χ0) is 36.0. The van der Waals surface area contributed by atoms with E-state index in [4.69, 9.17) is 14.7 Å². The van der Waals surface area contributed by atoms with Crippen molar-refractivity contribution in [2.75, 3.05) is 13.7 Å². The minimum absolute atomic E-state index is 0.00223. The minimum atomic E-state index is -0.599. The number of alkyl carbamates (subject to hydrolysis) is 1. The number of methoxy groups -OCH3 is 1. The normalized spacial score (nSPS) is 23.5. The fourth-order valence-corrected chi connectivity index (χ4v) is 8.07. The number of imidazole rings is 2. The van der Waals surface area contributed by atoms with Crippen LogP contribution in [0.2, 0.25) is 0 Å². The monoisotopic (exact) mass is 688 g/mol. The summed E-state index contributed by atoms with van der Waals surface area (Å²) in [4.78, 5) is 57.6. The van der Waals surface area contributed by atoms with Gasteiger partial charge in [-0.05, 0) is 79.7 Å². The molecule has 2 aromatic carbocycles. The van der Waals surface area contributed by atoms with Crippen LogP contribution in [-0.2, 0) is 14.3 Å². The van der Waals surface area contributed by atoms with Crippen molar-refractivity contribution in [3.05, 3.63) is 71.4 Å². The Morgan fingerprint density at radius 3 is 2.41 bits per heavy atom. The first-order valence-corrected chi connectivity index (χ1v) is 18.4. The van der Waals surface area contributed by atoms with Crippen LogP contribution in [0.25, 0.3) is 22.3 Å². The van der Waals surface area contributed by atoms with E-state index < -0.39 is 12.1 Å². The predicted octanol–water partition coefficient (Wildman–Crippen LogP) is 7.00. The van der Waals surface area contributed by atoms with Gasteiger partial charge in [0.15, 0.2) is 5.78 Å². The second kappa shape index (κ2) is 14.0. The molecule has 10 heteroatoms. The number of ketones is 1. The average molecular weight is 689 g/mol. The Morgan fingerprint density at radius 1 is 0.941 bits per heavy atom. The number of hydrogen-bond acceptors (Lipinski definition) is 6. The average Bonchev–Trinajstić information content (AvgIpc) is 3.62. The van der Waals surface area contributed by atoms with E-state index in [2.05, 4.69) is 41.0 Å². The van der Waals surface area contributed by atoms with E-state index in [1.165, 1.54) is 7.11 Å². The van der Waals surface area contributed by atoms with E-state index in [1.54, 1.807) is 0 Å². The van der Waals surface area contributed by atoms with E-state index in [1.807, 2.05) is 74.3 Å². The summed E-state index contributed by atoms with van der Waals surface area (Å²) in [6.07, 6.45) is 5.17. The number of amides is 2. The largest absolute Gasteiger partial charge is 0.453 e. The summed E-state index contributed by atoms with van der Waals surface area (Å²) in [5.74, 6) is 9.52. The molecule has 1 saturated heterocycles. The molecule has 2 amide bonds. The van der Waals surface area contributed by atoms with Gasteiger partial charge in [0.25, 0.3) is 0 Å². The number of aromatic nitrogens is 4. The zero-order valence-corrected chi connectivity index (χ0v) is 30.3. The van der Waals surface area contributed by atoms with Crippen LogP contribution in [0.5, 0.6) is 0 Å². The van der Waals surface area contributed by atoms with Gasteiger partial charge in [0.2, 0.25) is 5.91 Å². The van der Waals surface area contributed by atoms with Crippen LogP contribution in [0.15, 0.2) is 48.7 Å². The van der Waals surface area contributed by atoms with Gasteiger partial charge >= 0.3 is 6.09 Å². The highest BCUT2D eigenvalue weighted by atomic mass is 16.5. The number of rotatable bonds is 9. The van der Waals surface area contributed by atoms with E-state index in [9.17, 15) is 14.4 Å². The molecule has 2 saturated carbocycles. The predicted molar refractivity (Wildman–Crippen MR) is 195 cm³/mol. The van der Waals surface area contributed by atoms with Crippen molar-refractivity contribution in [3.63, 3.8) is 0 Å². The van der Waals surface area contributed by atoms with Crippen LogP contribution in [-0.4, -0.2) is 62.3 Å². The fraction of sp³-hybridized carbons (Fsp3) is 0.488. The molecule has 3 aliphatic rings. The molecule has 2 aromatic heterocycles. The smallest absolute Gasteiger partial charge is 0.407 e. The Kier molecular flexibility index (Phi) is 9.49. The third-order valence-corrected chi connectivity index (χ3v) is 11.4. The summed E-state index contributed by atoms with van der Waals surface area (Å²) >= 11 is 0. The zero-order valence-electron chi connectivity index (χ0n) is 30.3. The number of hydrogen-bond donors (Lipinski definition) is 3. The molecule has 7 atom stereocenters. The van der Waals surface area contributed by atoms with E-state index in [0.29, 0.717) is 17.8 Å². The van der Waals surface area contributed by atoms with E-state index >= 15 is 0 Å². The SMILES string of the molecule is COC(=O)N[C@H](C(=O)C1C[C@@H]2C[C@@H]2[C@H]1c1nc2cc(C#Cc3ccc(-c4c[nH]c([C@@H]5CCCN5C(=O)[C@@H](C)C(C)C)n4)cc3)ccc2[nH]1)C(C)C. The van der Waals surface area contributed by atoms with Crippen molar-refractivity contribution < 1.29 is 19.1 Å². The molecule has 51 heavy (non-hydrogen) atoms. The number of benzene rings is 2. The third kappa shape index (κ3) is 6.91. The third-order valence-electron chi connectivity index (χ3n) is 11.4. The maximum absolute atomic E-state index is 13.8. The van der Waals surface area contributed by atoms with Gasteiger partial charge in [-0.15, -0.1) is 0 Å². The lowest BCUT2D eigenvalue weighted by Crippen LogP contribution is -2.47. The second-order valence-electron chi connectivity index (χ2n) is 15.4. The number of aromatic amines is 2. The van der Waals surface area contributed by atoms with Crippen molar-refractivity contribution in [1.29, 1.82) is 0 Å². The van der Waals surface area contributed by atoms with Crippen molar-refractivity contribution >= 4 is 28.8 Å². The number of H-pyrrole nitrogens is 2. The van der Waals surface area contributed by atoms with Crippen molar-refractivity contribution in [2.24, 2.45) is 35.5 Å². The number of Topliss-reactive ketones (excluding diaryl/α,β-unsaturated/α-hetero) is 1. The van der Waals surface area contributed by atoms with Gasteiger partial charge in [0, 0.05) is 47.2 Å². The fourth-order valence-electron chi connectivity index (χ4n) is 8.07. The number of carbonyl (C=O) groups excluding carboxylic acids is 3. The van der Waals surface area contributed by atoms with Crippen LogP contribution >= 0.6 is 0 Å². The molecule has 1 aliphatic heterocycles. The highest BCUT2D eigenvalue weighted by molar-refractivity contribution is 5.91. The molecular formula is C41H48N6O4. The molecule has 1 unspecified atom stereocenters. The summed E-state index contributed by atoms with van der Waals surface area (Å²) in [7, 11) is 1.32. The molecule has 0 spiro atoms. The molecule has 0 bridgehead atoms. The van der Waals surface area contributed by atoms with Crippen LogP contribution in [0.3, 0.4) is 0 Å². The molecule has 3 fully saturated rings. The van der Waals surface area contributed by atoms with Gasteiger partial charge in [-0.2, -0.15) is 0 Å². The first-order valence-electron chi connectivity index (χ1n) is 18.4. The van der Waals surface area contributed by atoms with Crippen LogP contribution < -0.4 is 5.32 Å². The molecule has 10 nitrogen and oxygen atoms in total. The first kappa shape index (κ1) is 34.5. The number of nitrogens with one attached hydrogen (secondary N) is 3. The number of fused-ring (bicyclic) bond motifs is 2. The highest BCUT2D eigenvalue weighted by Crippen LogP contribution is 2.62. The summed E-state index contributed by atoms with van der Waals surface area (Å²) < 4.78 is 4.80. The quantitative estimate of drug-likeness (QED) is 0.162. The van der Waals surface area contributed by atoms with Gasteiger partial charge in [0.1, 0.15) is 11.6 Å². The summed E-state index contributed by atoms with van der Waals surface area (Å²) in [6, 6.07) is 13.4. The Bertz CT molecular complexity index is 2000. The Balaban J connectivity index is 1.04. The molecule has 7 rings (SSSR count). The van der Waals surface area contributed by atoms with E-state index in [0.717, 1.165) is 77.3 Å². The maximum Gasteiger partial charge on any atom is 0.407 e. The lowest BCUT2D eigenvalue weighted by Gasteiger charge is -2.27. The number of likely N-dealkylation sites (tertiary alicyclic amines) is 1. The maximum atomic E-state index is 13.8. The van der Waals surface area contributed by atoms with Gasteiger partial charge in [0.05, 0.1) is 35.9 Å². The van der Waals surface area contributed by atoms with E-state index in [-0.39, 0.29) is 41.4 Å². The lowest BCUT2D eigenvalue weighted by atomic mass is 9.81. The standard InChI is InChI=1S/C41H48N6O4/c1-22(2)24(5)40(49)47-17-7-8-34(47)38-42-21-33(45-38)27-14-11-25(12-15-27)9-10-26-13-16-31-32(18-26)44-39(43-31)35-29-19-28(29)20-30(35)37(48)36(23(3)4)46-41(50)51-6/h11-16,18,21-24,28-30,34-36H,7-8,17,19-20H2,1-6H3,(H,42,45)(H,43,44)(H,46,50)/t24-,28-,29-,30?,34-,35+,36-/m0/s1. The highest BCUT2D eigenvalue weighted by Gasteiger charge is 2.57. The molecule has 266 valence electrons. The Morgan fingerprint density at radius 2 is 1.69 bits per heavy atom. The van der Waals surface area contributed by atoms with Crippen LogP contribution in [0.1, 0.15) is 95.0 Å². The first-order chi connectivity index (χ1) is 24.5. The number of ether oxygens (including phenoxy) is 1. The molecule has 2 aliphatic carbocycles. The molecule has 3 heterocycles. The van der Waals surface area contributed by atoms with Crippen molar-refractivity contribution in [3.8, 4) is 23.1 Å². The van der Waals surface area contributed by atoms with Crippen molar-refractivity contribution in [2.45, 2.75) is 78.3 Å². The number of nitrogens with zero attached hydrogens (tertiary/aromatic N) is 3. The lowest BCUT2D eigenvalue weighted by molar-refractivity contribution is -0.137. The molecule has 4 aromatic rings.